The van der Waals surface area contributed by atoms with Crippen molar-refractivity contribution < 1.29 is 8.83 Å². The highest BCUT2D eigenvalue weighted by atomic mass is 16.5. The van der Waals surface area contributed by atoms with Crippen LogP contribution in [0.3, 0.4) is 0 Å². The summed E-state index contributed by atoms with van der Waals surface area (Å²) in [4.78, 5) is 9.04. The molecule has 0 aliphatic rings. The van der Waals surface area contributed by atoms with E-state index < -0.39 is 0 Å². The Bertz CT molecular complexity index is 1210. The van der Waals surface area contributed by atoms with Crippen molar-refractivity contribution in [1.29, 1.82) is 0 Å². The first-order chi connectivity index (χ1) is 12.2. The highest BCUT2D eigenvalue weighted by molar-refractivity contribution is 6.17. The van der Waals surface area contributed by atoms with Crippen molar-refractivity contribution in [2.24, 2.45) is 0 Å². The van der Waals surface area contributed by atoms with Crippen LogP contribution in [-0.2, 0) is 0 Å². The van der Waals surface area contributed by atoms with E-state index in [0.717, 1.165) is 44.3 Å². The molecule has 0 amide bonds. The van der Waals surface area contributed by atoms with Gasteiger partial charge in [-0.25, -0.2) is 0 Å². The van der Waals surface area contributed by atoms with Crippen molar-refractivity contribution in [3.63, 3.8) is 0 Å². The maximum Gasteiger partial charge on any atom is 0.299 e. The average Bonchev–Trinajstić information content (AvgIpc) is 3.16. The largest absolute Gasteiger partial charge is 0.425 e. The zero-order valence-corrected chi connectivity index (χ0v) is 14.0. The van der Waals surface area contributed by atoms with Gasteiger partial charge in [-0.1, -0.05) is 38.1 Å². The van der Waals surface area contributed by atoms with Gasteiger partial charge in [-0.15, -0.1) is 0 Å². The lowest BCUT2D eigenvalue weighted by Crippen LogP contribution is -1.94. The van der Waals surface area contributed by atoms with E-state index in [9.17, 15) is 0 Å². The Kier molecular flexibility index (Phi) is 2.95. The van der Waals surface area contributed by atoms with Crippen LogP contribution in [0.25, 0.3) is 44.4 Å². The number of para-hydroxylation sites is 1. The SMILES string of the molecule is CC(C)c1cnc(-c2ccc3c(c2)oc2oc4ccccc4c23)cn1. The predicted molar refractivity (Wildman–Crippen MR) is 98.6 cm³/mol. The van der Waals surface area contributed by atoms with Gasteiger partial charge in [0.2, 0.25) is 0 Å². The fourth-order valence-corrected chi connectivity index (χ4v) is 3.21. The topological polar surface area (TPSA) is 52.1 Å². The Labute approximate surface area is 144 Å². The van der Waals surface area contributed by atoms with Crippen molar-refractivity contribution in [3.05, 3.63) is 60.6 Å². The lowest BCUT2D eigenvalue weighted by molar-refractivity contribution is 0.524. The molecule has 25 heavy (non-hydrogen) atoms. The molecule has 0 N–H and O–H groups in total. The lowest BCUT2D eigenvalue weighted by atomic mass is 10.1. The van der Waals surface area contributed by atoms with Gasteiger partial charge < -0.3 is 8.83 Å². The molecule has 5 aromatic rings. The van der Waals surface area contributed by atoms with Crippen LogP contribution in [0.15, 0.2) is 63.7 Å². The van der Waals surface area contributed by atoms with Crippen LogP contribution in [0.5, 0.6) is 0 Å². The molecule has 3 aromatic heterocycles. The normalized spacial score (nSPS) is 12.0. The standard InChI is InChI=1S/C21H16N2O2/c1-12(2)16-10-23-17(11-22-16)13-7-8-15-19(9-13)25-21-20(15)14-5-3-4-6-18(14)24-21/h3-12H,1-2H3. The van der Waals surface area contributed by atoms with Gasteiger partial charge >= 0.3 is 0 Å². The van der Waals surface area contributed by atoms with Crippen LogP contribution in [0.1, 0.15) is 25.5 Å². The van der Waals surface area contributed by atoms with Crippen LogP contribution in [0.2, 0.25) is 0 Å². The molecular formula is C21H16N2O2. The Morgan fingerprint density at radius 1 is 0.840 bits per heavy atom. The molecule has 0 spiro atoms. The first-order valence-electron chi connectivity index (χ1n) is 8.37. The van der Waals surface area contributed by atoms with E-state index in [1.165, 1.54) is 0 Å². The Hall–Kier alpha value is -3.14. The van der Waals surface area contributed by atoms with Gasteiger partial charge in [-0.3, -0.25) is 9.97 Å². The first-order valence-corrected chi connectivity index (χ1v) is 8.37. The van der Waals surface area contributed by atoms with E-state index in [4.69, 9.17) is 8.83 Å². The summed E-state index contributed by atoms with van der Waals surface area (Å²) in [6.45, 7) is 4.22. The molecule has 0 saturated carbocycles. The zero-order chi connectivity index (χ0) is 17.0. The molecule has 2 aromatic carbocycles. The molecule has 0 saturated heterocycles. The highest BCUT2D eigenvalue weighted by Crippen LogP contribution is 2.38. The summed E-state index contributed by atoms with van der Waals surface area (Å²) in [5.74, 6) is 0.934. The van der Waals surface area contributed by atoms with Crippen LogP contribution >= 0.6 is 0 Å². The van der Waals surface area contributed by atoms with E-state index in [1.807, 2.05) is 36.7 Å². The van der Waals surface area contributed by atoms with Gasteiger partial charge in [-0.2, -0.15) is 0 Å². The van der Waals surface area contributed by atoms with Gasteiger partial charge in [0, 0.05) is 22.5 Å². The van der Waals surface area contributed by atoms with Crippen molar-refractivity contribution in [3.8, 4) is 11.3 Å². The number of aromatic nitrogens is 2. The van der Waals surface area contributed by atoms with Crippen molar-refractivity contribution >= 4 is 33.1 Å². The molecule has 122 valence electrons. The highest BCUT2D eigenvalue weighted by Gasteiger charge is 2.16. The molecule has 0 fully saturated rings. The van der Waals surface area contributed by atoms with Crippen molar-refractivity contribution in [2.45, 2.75) is 19.8 Å². The molecular weight excluding hydrogens is 312 g/mol. The molecule has 0 atom stereocenters. The summed E-state index contributed by atoms with van der Waals surface area (Å²) in [6, 6.07) is 14.1. The third kappa shape index (κ3) is 2.14. The number of hydrogen-bond acceptors (Lipinski definition) is 4. The Morgan fingerprint density at radius 2 is 1.64 bits per heavy atom. The molecule has 4 heteroatoms. The minimum atomic E-state index is 0.370. The van der Waals surface area contributed by atoms with Crippen molar-refractivity contribution in [1.82, 2.24) is 9.97 Å². The molecule has 3 heterocycles. The molecule has 4 nitrogen and oxygen atoms in total. The summed E-state index contributed by atoms with van der Waals surface area (Å²) in [5.41, 5.74) is 4.45. The van der Waals surface area contributed by atoms with E-state index in [-0.39, 0.29) is 0 Å². The Balaban J connectivity index is 1.67. The molecule has 0 aliphatic heterocycles. The lowest BCUT2D eigenvalue weighted by Gasteiger charge is -2.05. The molecule has 0 bridgehead atoms. The number of rotatable bonds is 2. The monoisotopic (exact) mass is 328 g/mol. The summed E-state index contributed by atoms with van der Waals surface area (Å²) in [6.07, 6.45) is 3.66. The zero-order valence-electron chi connectivity index (χ0n) is 14.0. The van der Waals surface area contributed by atoms with Gasteiger partial charge in [0.05, 0.1) is 23.0 Å². The second kappa shape index (κ2) is 5.18. The first kappa shape index (κ1) is 14.2. The smallest absolute Gasteiger partial charge is 0.299 e. The maximum absolute atomic E-state index is 5.95. The van der Waals surface area contributed by atoms with Crippen LogP contribution in [0, 0.1) is 0 Å². The molecule has 5 rings (SSSR count). The number of furan rings is 2. The summed E-state index contributed by atoms with van der Waals surface area (Å²) < 4.78 is 11.8. The fraction of sp³-hybridized carbons (Fsp3) is 0.143. The van der Waals surface area contributed by atoms with Crippen LogP contribution in [0.4, 0.5) is 0 Å². The Morgan fingerprint density at radius 3 is 2.44 bits per heavy atom. The third-order valence-electron chi connectivity index (χ3n) is 4.58. The quantitative estimate of drug-likeness (QED) is 0.404. The van der Waals surface area contributed by atoms with Gasteiger partial charge in [-0.05, 0) is 24.1 Å². The number of benzene rings is 2. The fourth-order valence-electron chi connectivity index (χ4n) is 3.21. The minimum absolute atomic E-state index is 0.370. The van der Waals surface area contributed by atoms with Crippen molar-refractivity contribution in [2.75, 3.05) is 0 Å². The molecule has 0 unspecified atom stereocenters. The molecule has 0 radical (unpaired) electrons. The van der Waals surface area contributed by atoms with E-state index >= 15 is 0 Å². The van der Waals surface area contributed by atoms with Gasteiger partial charge in [0.15, 0.2) is 0 Å². The van der Waals surface area contributed by atoms with E-state index in [0.29, 0.717) is 11.7 Å². The maximum atomic E-state index is 5.95. The number of hydrogen-bond donors (Lipinski definition) is 0. The summed E-state index contributed by atoms with van der Waals surface area (Å²) in [5, 5.41) is 3.15. The minimum Gasteiger partial charge on any atom is -0.425 e. The second-order valence-corrected chi connectivity index (χ2v) is 6.55. The van der Waals surface area contributed by atoms with Crippen LogP contribution in [-0.4, -0.2) is 9.97 Å². The molecule has 0 aliphatic carbocycles. The third-order valence-corrected chi connectivity index (χ3v) is 4.58. The number of fused-ring (bicyclic) bond motifs is 5. The van der Waals surface area contributed by atoms with Gasteiger partial charge in [0.1, 0.15) is 11.2 Å². The summed E-state index contributed by atoms with van der Waals surface area (Å²) in [7, 11) is 0. The van der Waals surface area contributed by atoms with E-state index in [2.05, 4.69) is 42.0 Å². The van der Waals surface area contributed by atoms with Gasteiger partial charge in [0.25, 0.3) is 5.78 Å². The summed E-state index contributed by atoms with van der Waals surface area (Å²) >= 11 is 0. The second-order valence-electron chi connectivity index (χ2n) is 6.55. The van der Waals surface area contributed by atoms with Crippen LogP contribution < -0.4 is 0 Å². The predicted octanol–water partition coefficient (Wildman–Crippen LogP) is 5.91. The number of nitrogens with zero attached hydrogens (tertiary/aromatic N) is 2. The van der Waals surface area contributed by atoms with E-state index in [1.54, 1.807) is 0 Å². The average molecular weight is 328 g/mol.